The summed E-state index contributed by atoms with van der Waals surface area (Å²) in [6, 6.07) is 15.7. The van der Waals surface area contributed by atoms with Crippen LogP contribution in [0.25, 0.3) is 0 Å². The summed E-state index contributed by atoms with van der Waals surface area (Å²) in [6.07, 6.45) is 0.544. The Hall–Kier alpha value is -0.960. The van der Waals surface area contributed by atoms with E-state index in [0.29, 0.717) is 22.2 Å². The SMILES string of the molecule is CC1(C)C(=O)C[C@H](c2ccc(Cl)cc2)SC1(C)c1ccc(Cl)cc1. The van der Waals surface area contributed by atoms with Gasteiger partial charge >= 0.3 is 0 Å². The standard InChI is InChI=1S/C20H20Cl2OS/c1-19(2)18(23)12-17(13-4-8-15(21)9-5-13)24-20(19,3)14-6-10-16(22)11-7-14/h4-11,17H,12H2,1-3H3/t17-,20?/m1/s1. The first-order valence-electron chi connectivity index (χ1n) is 7.97. The Bertz CT molecular complexity index is 752. The van der Waals surface area contributed by atoms with Gasteiger partial charge in [0.1, 0.15) is 5.78 Å². The smallest absolute Gasteiger partial charge is 0.141 e. The summed E-state index contributed by atoms with van der Waals surface area (Å²) < 4.78 is -0.322. The van der Waals surface area contributed by atoms with Crippen LogP contribution in [0.2, 0.25) is 10.0 Å². The Labute approximate surface area is 157 Å². The number of hydrogen-bond acceptors (Lipinski definition) is 2. The molecular formula is C20H20Cl2OS. The summed E-state index contributed by atoms with van der Waals surface area (Å²) in [5, 5.41) is 1.55. The maximum atomic E-state index is 13.0. The molecule has 0 amide bonds. The van der Waals surface area contributed by atoms with Gasteiger partial charge in [-0.15, -0.1) is 11.8 Å². The molecule has 1 aliphatic rings. The van der Waals surface area contributed by atoms with Gasteiger partial charge in [0.05, 0.1) is 4.75 Å². The van der Waals surface area contributed by atoms with Crippen molar-refractivity contribution in [2.24, 2.45) is 5.41 Å². The third-order valence-corrected chi connectivity index (χ3v) is 7.72. The van der Waals surface area contributed by atoms with Crippen molar-refractivity contribution in [3.05, 3.63) is 69.7 Å². The summed E-state index contributed by atoms with van der Waals surface area (Å²) in [7, 11) is 0. The average Bonchev–Trinajstić information content (AvgIpc) is 2.54. The lowest BCUT2D eigenvalue weighted by molar-refractivity contribution is -0.129. The quantitative estimate of drug-likeness (QED) is 0.579. The van der Waals surface area contributed by atoms with E-state index in [1.807, 2.05) is 60.3 Å². The highest BCUT2D eigenvalue weighted by Gasteiger charge is 2.53. The van der Waals surface area contributed by atoms with Crippen LogP contribution in [0.3, 0.4) is 0 Å². The van der Waals surface area contributed by atoms with Crippen LogP contribution in [0, 0.1) is 5.41 Å². The van der Waals surface area contributed by atoms with E-state index in [0.717, 1.165) is 11.1 Å². The third kappa shape index (κ3) is 3.00. The van der Waals surface area contributed by atoms with E-state index >= 15 is 0 Å². The Morgan fingerprint density at radius 2 is 1.42 bits per heavy atom. The summed E-state index contributed by atoms with van der Waals surface area (Å²) in [5.41, 5.74) is 1.83. The van der Waals surface area contributed by atoms with Gasteiger partial charge in [-0.3, -0.25) is 4.79 Å². The van der Waals surface area contributed by atoms with Crippen LogP contribution in [0.15, 0.2) is 48.5 Å². The van der Waals surface area contributed by atoms with Crippen molar-refractivity contribution in [2.75, 3.05) is 0 Å². The fourth-order valence-electron chi connectivity index (χ4n) is 3.22. The summed E-state index contributed by atoms with van der Waals surface area (Å²) in [5.74, 6) is 0.290. The topological polar surface area (TPSA) is 17.1 Å². The van der Waals surface area contributed by atoms with E-state index in [1.54, 1.807) is 0 Å². The van der Waals surface area contributed by atoms with Gasteiger partial charge in [0, 0.05) is 27.1 Å². The van der Waals surface area contributed by atoms with Gasteiger partial charge in [-0.05, 0) is 42.3 Å². The molecule has 2 aromatic carbocycles. The second-order valence-electron chi connectivity index (χ2n) is 6.95. The highest BCUT2D eigenvalue weighted by molar-refractivity contribution is 8.00. The van der Waals surface area contributed by atoms with Gasteiger partial charge in [0.15, 0.2) is 0 Å². The molecule has 24 heavy (non-hydrogen) atoms. The lowest BCUT2D eigenvalue weighted by Gasteiger charge is -2.49. The second-order valence-corrected chi connectivity index (χ2v) is 9.44. The maximum Gasteiger partial charge on any atom is 0.141 e. The maximum absolute atomic E-state index is 13.0. The van der Waals surface area contributed by atoms with Gasteiger partial charge in [0.25, 0.3) is 0 Å². The monoisotopic (exact) mass is 378 g/mol. The fraction of sp³-hybridized carbons (Fsp3) is 0.350. The number of carbonyl (C=O) groups excluding carboxylic acids is 1. The molecule has 2 aromatic rings. The molecule has 0 radical (unpaired) electrons. The van der Waals surface area contributed by atoms with E-state index < -0.39 is 5.41 Å². The van der Waals surface area contributed by atoms with Crippen LogP contribution in [0.1, 0.15) is 43.6 Å². The molecule has 0 saturated carbocycles. The third-order valence-electron chi connectivity index (χ3n) is 5.28. The van der Waals surface area contributed by atoms with E-state index in [1.165, 1.54) is 0 Å². The molecule has 1 nitrogen and oxygen atoms in total. The molecule has 0 aliphatic carbocycles. The van der Waals surface area contributed by atoms with Crippen molar-refractivity contribution in [1.29, 1.82) is 0 Å². The zero-order valence-corrected chi connectivity index (χ0v) is 16.3. The first-order valence-corrected chi connectivity index (χ1v) is 9.60. The molecule has 3 rings (SSSR count). The minimum Gasteiger partial charge on any atom is -0.299 e. The summed E-state index contributed by atoms with van der Waals surface area (Å²) in [6.45, 7) is 6.27. The van der Waals surface area contributed by atoms with Crippen LogP contribution < -0.4 is 0 Å². The number of Topliss-reactive ketones (excluding diaryl/α,β-unsaturated/α-hetero) is 1. The molecule has 2 atom stereocenters. The molecule has 0 aromatic heterocycles. The lowest BCUT2D eigenvalue weighted by atomic mass is 9.70. The van der Waals surface area contributed by atoms with Gasteiger partial charge in [0.2, 0.25) is 0 Å². The van der Waals surface area contributed by atoms with E-state index in [9.17, 15) is 4.79 Å². The molecule has 0 spiro atoms. The zero-order valence-electron chi connectivity index (χ0n) is 14.0. The van der Waals surface area contributed by atoms with Gasteiger partial charge in [-0.25, -0.2) is 0 Å². The Morgan fingerprint density at radius 3 is 1.96 bits per heavy atom. The largest absolute Gasteiger partial charge is 0.299 e. The molecule has 1 aliphatic heterocycles. The number of rotatable bonds is 2. The van der Waals surface area contributed by atoms with Crippen LogP contribution >= 0.6 is 35.0 Å². The number of benzene rings is 2. The Kier molecular flexibility index (Phi) is 4.76. The molecule has 1 fully saturated rings. The van der Waals surface area contributed by atoms with Gasteiger partial charge in [-0.2, -0.15) is 0 Å². The second kappa shape index (κ2) is 6.40. The molecule has 1 saturated heterocycles. The van der Waals surface area contributed by atoms with Crippen molar-refractivity contribution in [2.45, 2.75) is 37.2 Å². The van der Waals surface area contributed by atoms with Gasteiger partial charge < -0.3 is 0 Å². The average molecular weight is 379 g/mol. The Balaban J connectivity index is 2.03. The molecule has 4 heteroatoms. The van der Waals surface area contributed by atoms with Crippen LogP contribution in [-0.4, -0.2) is 5.78 Å². The first-order chi connectivity index (χ1) is 11.2. The first kappa shape index (κ1) is 17.8. The molecule has 1 heterocycles. The minimum atomic E-state index is -0.450. The zero-order chi connectivity index (χ0) is 17.5. The highest BCUT2D eigenvalue weighted by Crippen LogP contribution is 2.60. The van der Waals surface area contributed by atoms with Crippen molar-refractivity contribution in [3.8, 4) is 0 Å². The van der Waals surface area contributed by atoms with E-state index in [4.69, 9.17) is 23.2 Å². The number of thioether (sulfide) groups is 1. The molecule has 0 bridgehead atoms. The molecular weight excluding hydrogens is 359 g/mol. The highest BCUT2D eigenvalue weighted by atomic mass is 35.5. The van der Waals surface area contributed by atoms with E-state index in [2.05, 4.69) is 20.8 Å². The van der Waals surface area contributed by atoms with Gasteiger partial charge in [-0.1, -0.05) is 61.3 Å². The fourth-order valence-corrected chi connectivity index (χ4v) is 5.25. The van der Waals surface area contributed by atoms with Crippen molar-refractivity contribution < 1.29 is 4.79 Å². The van der Waals surface area contributed by atoms with Crippen molar-refractivity contribution >= 4 is 40.7 Å². The minimum absolute atomic E-state index is 0.128. The van der Waals surface area contributed by atoms with E-state index in [-0.39, 0.29) is 10.00 Å². The van der Waals surface area contributed by atoms with Crippen LogP contribution in [0.4, 0.5) is 0 Å². The summed E-state index contributed by atoms with van der Waals surface area (Å²) >= 11 is 13.9. The van der Waals surface area contributed by atoms with Crippen molar-refractivity contribution in [1.82, 2.24) is 0 Å². The van der Waals surface area contributed by atoms with Crippen LogP contribution in [-0.2, 0) is 9.54 Å². The molecule has 126 valence electrons. The number of hydrogen-bond donors (Lipinski definition) is 0. The number of halogens is 2. The number of ketones is 1. The molecule has 1 unspecified atom stereocenters. The Morgan fingerprint density at radius 1 is 0.917 bits per heavy atom. The molecule has 0 N–H and O–H groups in total. The van der Waals surface area contributed by atoms with Crippen LogP contribution in [0.5, 0.6) is 0 Å². The summed E-state index contributed by atoms with van der Waals surface area (Å²) in [4.78, 5) is 13.0. The number of carbonyl (C=O) groups is 1. The predicted molar refractivity (Wildman–Crippen MR) is 104 cm³/mol. The van der Waals surface area contributed by atoms with Crippen molar-refractivity contribution in [3.63, 3.8) is 0 Å². The normalized spacial score (nSPS) is 26.4. The predicted octanol–water partition coefficient (Wildman–Crippen LogP) is 6.68. The lowest BCUT2D eigenvalue weighted by Crippen LogP contribution is -2.47.